The zero-order chi connectivity index (χ0) is 28.1. The Hall–Kier alpha value is -4.10. The number of likely N-dealkylation sites (N-methyl/N-ethyl adjacent to an activating group) is 1. The van der Waals surface area contributed by atoms with E-state index < -0.39 is 17.7 Å². The summed E-state index contributed by atoms with van der Waals surface area (Å²) >= 11 is 0. The topological polar surface area (TPSA) is 79.3 Å². The minimum atomic E-state index is -0.723. The molecule has 1 aliphatic rings. The molecular formula is C32H36N2O5. The molecule has 1 heterocycles. The van der Waals surface area contributed by atoms with Gasteiger partial charge in [-0.25, -0.2) is 0 Å². The Morgan fingerprint density at radius 2 is 1.64 bits per heavy atom. The second-order valence-electron chi connectivity index (χ2n) is 10.3. The number of aliphatic hydroxyl groups excluding tert-OH is 1. The van der Waals surface area contributed by atoms with Gasteiger partial charge < -0.3 is 24.4 Å². The molecule has 1 aliphatic heterocycles. The minimum absolute atomic E-state index is 0.00510. The highest BCUT2D eigenvalue weighted by Gasteiger charge is 2.46. The van der Waals surface area contributed by atoms with Gasteiger partial charge in [-0.2, -0.15) is 0 Å². The van der Waals surface area contributed by atoms with Crippen molar-refractivity contribution in [3.8, 4) is 11.5 Å². The van der Waals surface area contributed by atoms with E-state index in [1.165, 1.54) is 0 Å². The Morgan fingerprint density at radius 1 is 0.974 bits per heavy atom. The van der Waals surface area contributed by atoms with Gasteiger partial charge in [0.25, 0.3) is 11.7 Å². The molecule has 0 radical (unpaired) electrons. The van der Waals surface area contributed by atoms with Crippen LogP contribution in [0.15, 0.2) is 78.4 Å². The first kappa shape index (κ1) is 27.9. The summed E-state index contributed by atoms with van der Waals surface area (Å²) in [6, 6.07) is 21.8. The summed E-state index contributed by atoms with van der Waals surface area (Å²) in [4.78, 5) is 30.0. The van der Waals surface area contributed by atoms with Gasteiger partial charge in [-0.3, -0.25) is 9.59 Å². The molecular weight excluding hydrogens is 492 g/mol. The average Bonchev–Trinajstić information content (AvgIpc) is 3.16. The van der Waals surface area contributed by atoms with Gasteiger partial charge in [-0.05, 0) is 81.9 Å². The Morgan fingerprint density at radius 3 is 2.26 bits per heavy atom. The number of Topliss-reactive ketones (excluding diaryl/α,β-unsaturated/α-hetero) is 1. The second kappa shape index (κ2) is 12.2. The first-order valence-electron chi connectivity index (χ1n) is 13.1. The molecule has 1 N–H and O–H groups in total. The minimum Gasteiger partial charge on any atom is -0.507 e. The molecule has 0 aliphatic carbocycles. The van der Waals surface area contributed by atoms with Crippen molar-refractivity contribution in [2.45, 2.75) is 39.5 Å². The van der Waals surface area contributed by atoms with Crippen molar-refractivity contribution < 1.29 is 24.2 Å². The van der Waals surface area contributed by atoms with E-state index >= 15 is 0 Å². The SMILES string of the molecule is Cc1cc(OC(C)C)ccc1/C(O)=C1\C(=O)C(=O)N(CCN(C)C)C1c1ccc(OCc2ccccc2)cc1. The largest absolute Gasteiger partial charge is 0.507 e. The third-order valence-electron chi connectivity index (χ3n) is 6.60. The third kappa shape index (κ3) is 6.49. The molecule has 0 spiro atoms. The van der Waals surface area contributed by atoms with E-state index in [0.717, 1.165) is 16.7 Å². The number of carbonyl (C=O) groups excluding carboxylic acids is 2. The lowest BCUT2D eigenvalue weighted by molar-refractivity contribution is -0.140. The Kier molecular flexibility index (Phi) is 8.72. The third-order valence-corrected chi connectivity index (χ3v) is 6.60. The lowest BCUT2D eigenvalue weighted by Gasteiger charge is -2.27. The molecule has 1 saturated heterocycles. The zero-order valence-electron chi connectivity index (χ0n) is 23.2. The molecule has 1 amide bonds. The van der Waals surface area contributed by atoms with Crippen LogP contribution in [0.25, 0.3) is 5.76 Å². The summed E-state index contributed by atoms with van der Waals surface area (Å²) in [5.74, 6) is -0.158. The quantitative estimate of drug-likeness (QED) is 0.217. The highest BCUT2D eigenvalue weighted by molar-refractivity contribution is 6.46. The van der Waals surface area contributed by atoms with Crippen LogP contribution >= 0.6 is 0 Å². The highest BCUT2D eigenvalue weighted by Crippen LogP contribution is 2.40. The van der Waals surface area contributed by atoms with Crippen molar-refractivity contribution in [3.05, 3.63) is 101 Å². The van der Waals surface area contributed by atoms with Crippen LogP contribution in [0.3, 0.4) is 0 Å². The Bertz CT molecular complexity index is 1350. The maximum Gasteiger partial charge on any atom is 0.295 e. The molecule has 39 heavy (non-hydrogen) atoms. The van der Waals surface area contributed by atoms with Crippen LogP contribution in [-0.4, -0.2) is 59.9 Å². The Balaban J connectivity index is 1.70. The number of ether oxygens (including phenoxy) is 2. The van der Waals surface area contributed by atoms with Gasteiger partial charge in [0.2, 0.25) is 0 Å². The highest BCUT2D eigenvalue weighted by atomic mass is 16.5. The number of amides is 1. The Labute approximate surface area is 230 Å². The zero-order valence-corrected chi connectivity index (χ0v) is 23.2. The number of aryl methyl sites for hydroxylation is 1. The van der Waals surface area contributed by atoms with E-state index in [9.17, 15) is 14.7 Å². The molecule has 7 nitrogen and oxygen atoms in total. The molecule has 0 bridgehead atoms. The van der Waals surface area contributed by atoms with E-state index in [1.807, 2.05) is 100 Å². The van der Waals surface area contributed by atoms with Gasteiger partial charge in [0.05, 0.1) is 17.7 Å². The molecule has 204 valence electrons. The van der Waals surface area contributed by atoms with Crippen LogP contribution in [0.1, 0.15) is 42.1 Å². The molecule has 1 unspecified atom stereocenters. The van der Waals surface area contributed by atoms with Gasteiger partial charge in [0.1, 0.15) is 23.9 Å². The van der Waals surface area contributed by atoms with Crippen LogP contribution in [-0.2, 0) is 16.2 Å². The standard InChI is InChI=1S/C32H36N2O5/c1-21(2)39-26-15-16-27(22(3)19-26)30(35)28-29(34(18-17-33(4)5)32(37)31(28)36)24-11-13-25(14-12-24)38-20-23-9-7-6-8-10-23/h6-16,19,21,29,35H,17-18,20H2,1-5H3/b30-28+. The number of nitrogens with zero attached hydrogens (tertiary/aromatic N) is 2. The van der Waals surface area contributed by atoms with Crippen LogP contribution in [0.2, 0.25) is 0 Å². The van der Waals surface area contributed by atoms with Gasteiger partial charge in [-0.15, -0.1) is 0 Å². The molecule has 3 aromatic rings. The smallest absolute Gasteiger partial charge is 0.295 e. The van der Waals surface area contributed by atoms with E-state index in [4.69, 9.17) is 9.47 Å². The molecule has 1 fully saturated rings. The van der Waals surface area contributed by atoms with Crippen LogP contribution in [0.4, 0.5) is 0 Å². The maximum atomic E-state index is 13.3. The van der Waals surface area contributed by atoms with Crippen LogP contribution in [0.5, 0.6) is 11.5 Å². The van der Waals surface area contributed by atoms with E-state index in [0.29, 0.717) is 36.8 Å². The molecule has 0 saturated carbocycles. The fraction of sp³-hybridized carbons (Fsp3) is 0.312. The van der Waals surface area contributed by atoms with E-state index in [1.54, 1.807) is 17.0 Å². The fourth-order valence-corrected chi connectivity index (χ4v) is 4.64. The second-order valence-corrected chi connectivity index (χ2v) is 10.3. The van der Waals surface area contributed by atoms with Gasteiger partial charge >= 0.3 is 0 Å². The van der Waals surface area contributed by atoms with Crippen molar-refractivity contribution in [1.82, 2.24) is 9.80 Å². The van der Waals surface area contributed by atoms with E-state index in [-0.39, 0.29) is 17.4 Å². The van der Waals surface area contributed by atoms with Crippen LogP contribution in [0, 0.1) is 6.92 Å². The number of rotatable bonds is 10. The van der Waals surface area contributed by atoms with Gasteiger partial charge in [-0.1, -0.05) is 42.5 Å². The molecule has 1 atom stereocenters. The van der Waals surface area contributed by atoms with Crippen molar-refractivity contribution in [2.75, 3.05) is 27.2 Å². The number of aliphatic hydroxyl groups is 1. The first-order chi connectivity index (χ1) is 18.7. The van der Waals surface area contributed by atoms with Crippen molar-refractivity contribution in [2.24, 2.45) is 0 Å². The number of benzene rings is 3. The average molecular weight is 529 g/mol. The summed E-state index contributed by atoms with van der Waals surface area (Å²) in [6.45, 7) is 7.07. The maximum absolute atomic E-state index is 13.3. The summed E-state index contributed by atoms with van der Waals surface area (Å²) in [6.07, 6.45) is 0.00510. The number of likely N-dealkylation sites (tertiary alicyclic amines) is 1. The summed E-state index contributed by atoms with van der Waals surface area (Å²) < 4.78 is 11.7. The molecule has 3 aromatic carbocycles. The van der Waals surface area contributed by atoms with Crippen LogP contribution < -0.4 is 9.47 Å². The first-order valence-corrected chi connectivity index (χ1v) is 13.1. The molecule has 0 aromatic heterocycles. The van der Waals surface area contributed by atoms with Crippen molar-refractivity contribution >= 4 is 17.4 Å². The van der Waals surface area contributed by atoms with Gasteiger partial charge in [0.15, 0.2) is 0 Å². The monoisotopic (exact) mass is 528 g/mol. The predicted octanol–water partition coefficient (Wildman–Crippen LogP) is 5.34. The fourth-order valence-electron chi connectivity index (χ4n) is 4.64. The predicted molar refractivity (Wildman–Crippen MR) is 152 cm³/mol. The van der Waals surface area contributed by atoms with E-state index in [2.05, 4.69) is 0 Å². The lowest BCUT2D eigenvalue weighted by atomic mass is 9.94. The van der Waals surface area contributed by atoms with Crippen molar-refractivity contribution in [1.29, 1.82) is 0 Å². The number of carbonyl (C=O) groups is 2. The molecule has 7 heteroatoms. The summed E-state index contributed by atoms with van der Waals surface area (Å²) in [5, 5.41) is 11.5. The van der Waals surface area contributed by atoms with Gasteiger partial charge in [0, 0.05) is 18.7 Å². The molecule has 4 rings (SSSR count). The normalized spacial score (nSPS) is 16.8. The summed E-state index contributed by atoms with van der Waals surface area (Å²) in [7, 11) is 3.82. The van der Waals surface area contributed by atoms with Crippen molar-refractivity contribution in [3.63, 3.8) is 0 Å². The lowest BCUT2D eigenvalue weighted by Crippen LogP contribution is -2.35. The number of ketones is 1. The number of hydrogen-bond donors (Lipinski definition) is 1. The number of hydrogen-bond acceptors (Lipinski definition) is 6. The summed E-state index contributed by atoms with van der Waals surface area (Å²) in [5.41, 5.74) is 3.09.